The number of ether oxygens (including phenoxy) is 3. The van der Waals surface area contributed by atoms with Crippen LogP contribution in [0.4, 0.5) is 5.69 Å². The van der Waals surface area contributed by atoms with E-state index < -0.39 is 5.97 Å². The van der Waals surface area contributed by atoms with Gasteiger partial charge in [0, 0.05) is 12.1 Å². The Morgan fingerprint density at radius 2 is 1.70 bits per heavy atom. The van der Waals surface area contributed by atoms with Gasteiger partial charge in [0.2, 0.25) is 0 Å². The lowest BCUT2D eigenvalue weighted by Gasteiger charge is -2.10. The molecule has 6 heteroatoms. The fourth-order valence-electron chi connectivity index (χ4n) is 2.64. The molecule has 0 saturated heterocycles. The standard InChI is InChI=1S/C21H25NO5/c1-14-5-8-17(15(2)11-14)22-20(23)13-27-21(24)10-7-16-6-9-18(25-3)19(12-16)26-4/h5-6,8-9,11-12H,7,10,13H2,1-4H3,(H,22,23). The molecule has 0 saturated carbocycles. The minimum Gasteiger partial charge on any atom is -0.493 e. The molecule has 0 bridgehead atoms. The molecule has 0 aliphatic carbocycles. The first kappa shape index (κ1) is 20.3. The Hall–Kier alpha value is -3.02. The largest absolute Gasteiger partial charge is 0.493 e. The van der Waals surface area contributed by atoms with Crippen molar-refractivity contribution in [2.24, 2.45) is 0 Å². The molecule has 0 heterocycles. The van der Waals surface area contributed by atoms with Crippen LogP contribution in [-0.4, -0.2) is 32.7 Å². The fraction of sp³-hybridized carbons (Fsp3) is 0.333. The van der Waals surface area contributed by atoms with Crippen molar-refractivity contribution in [2.45, 2.75) is 26.7 Å². The third-order valence-electron chi connectivity index (χ3n) is 4.09. The first-order valence-electron chi connectivity index (χ1n) is 8.66. The average Bonchev–Trinajstić information content (AvgIpc) is 2.66. The van der Waals surface area contributed by atoms with Gasteiger partial charge in [-0.2, -0.15) is 0 Å². The number of benzene rings is 2. The molecule has 0 aliphatic heterocycles. The Morgan fingerprint density at radius 3 is 2.37 bits per heavy atom. The van der Waals surface area contributed by atoms with E-state index in [1.807, 2.05) is 44.2 Å². The molecule has 1 amide bonds. The van der Waals surface area contributed by atoms with E-state index in [9.17, 15) is 9.59 Å². The van der Waals surface area contributed by atoms with E-state index in [-0.39, 0.29) is 18.9 Å². The van der Waals surface area contributed by atoms with Crippen LogP contribution in [0.1, 0.15) is 23.1 Å². The van der Waals surface area contributed by atoms with Gasteiger partial charge in [-0.25, -0.2) is 0 Å². The van der Waals surface area contributed by atoms with Crippen LogP contribution in [0.3, 0.4) is 0 Å². The molecule has 2 aromatic carbocycles. The number of esters is 1. The molecular weight excluding hydrogens is 346 g/mol. The highest BCUT2D eigenvalue weighted by molar-refractivity contribution is 5.93. The Bertz CT molecular complexity index is 816. The molecule has 1 N–H and O–H groups in total. The predicted octanol–water partition coefficient (Wildman–Crippen LogP) is 3.44. The van der Waals surface area contributed by atoms with E-state index in [2.05, 4.69) is 5.32 Å². The molecule has 0 unspecified atom stereocenters. The van der Waals surface area contributed by atoms with Crippen molar-refractivity contribution < 1.29 is 23.8 Å². The van der Waals surface area contributed by atoms with Gasteiger partial charge < -0.3 is 19.5 Å². The first-order valence-corrected chi connectivity index (χ1v) is 8.66. The van der Waals surface area contributed by atoms with Gasteiger partial charge in [-0.05, 0) is 49.6 Å². The third-order valence-corrected chi connectivity index (χ3v) is 4.09. The number of rotatable bonds is 8. The molecule has 0 atom stereocenters. The predicted molar refractivity (Wildman–Crippen MR) is 103 cm³/mol. The van der Waals surface area contributed by atoms with Crippen LogP contribution in [-0.2, 0) is 20.7 Å². The second-order valence-corrected chi connectivity index (χ2v) is 6.22. The van der Waals surface area contributed by atoms with Gasteiger partial charge in [0.05, 0.1) is 14.2 Å². The lowest BCUT2D eigenvalue weighted by Crippen LogP contribution is -2.21. The van der Waals surface area contributed by atoms with E-state index >= 15 is 0 Å². The van der Waals surface area contributed by atoms with Crippen molar-refractivity contribution in [3.8, 4) is 11.5 Å². The van der Waals surface area contributed by atoms with Crippen LogP contribution >= 0.6 is 0 Å². The summed E-state index contributed by atoms with van der Waals surface area (Å²) < 4.78 is 15.5. The van der Waals surface area contributed by atoms with Gasteiger partial charge >= 0.3 is 5.97 Å². The molecule has 0 aromatic heterocycles. The van der Waals surface area contributed by atoms with Gasteiger partial charge in [0.1, 0.15) is 0 Å². The molecule has 0 fully saturated rings. The summed E-state index contributed by atoms with van der Waals surface area (Å²) in [6, 6.07) is 11.2. The van der Waals surface area contributed by atoms with Crippen LogP contribution in [0.2, 0.25) is 0 Å². The highest BCUT2D eigenvalue weighted by Crippen LogP contribution is 2.28. The van der Waals surface area contributed by atoms with Crippen LogP contribution < -0.4 is 14.8 Å². The van der Waals surface area contributed by atoms with E-state index in [0.717, 1.165) is 16.7 Å². The van der Waals surface area contributed by atoms with Gasteiger partial charge in [0.25, 0.3) is 5.91 Å². The second kappa shape index (κ2) is 9.62. The van der Waals surface area contributed by atoms with Crippen molar-refractivity contribution in [1.29, 1.82) is 0 Å². The molecule has 0 spiro atoms. The van der Waals surface area contributed by atoms with E-state index in [1.165, 1.54) is 0 Å². The lowest BCUT2D eigenvalue weighted by molar-refractivity contribution is -0.147. The monoisotopic (exact) mass is 371 g/mol. The topological polar surface area (TPSA) is 73.9 Å². The molecule has 2 aromatic rings. The summed E-state index contributed by atoms with van der Waals surface area (Å²) in [6.07, 6.45) is 0.657. The molecule has 0 radical (unpaired) electrons. The van der Waals surface area contributed by atoms with Crippen molar-refractivity contribution in [3.63, 3.8) is 0 Å². The highest BCUT2D eigenvalue weighted by Gasteiger charge is 2.11. The minimum atomic E-state index is -0.430. The molecule has 2 rings (SSSR count). The Morgan fingerprint density at radius 1 is 0.963 bits per heavy atom. The number of anilines is 1. The summed E-state index contributed by atoms with van der Waals surface area (Å²) in [4.78, 5) is 23.9. The second-order valence-electron chi connectivity index (χ2n) is 6.22. The van der Waals surface area contributed by atoms with Crippen molar-refractivity contribution in [2.75, 3.05) is 26.1 Å². The zero-order valence-corrected chi connectivity index (χ0v) is 16.1. The molecule has 27 heavy (non-hydrogen) atoms. The summed E-state index contributed by atoms with van der Waals surface area (Å²) in [5.41, 5.74) is 3.71. The molecule has 6 nitrogen and oxygen atoms in total. The van der Waals surface area contributed by atoms with Crippen molar-refractivity contribution >= 4 is 17.6 Å². The third kappa shape index (κ3) is 6.02. The maximum Gasteiger partial charge on any atom is 0.306 e. The maximum absolute atomic E-state index is 12.0. The number of nitrogens with one attached hydrogen (secondary N) is 1. The summed E-state index contributed by atoms with van der Waals surface area (Å²) in [7, 11) is 3.13. The van der Waals surface area contributed by atoms with Crippen LogP contribution in [0.15, 0.2) is 36.4 Å². The number of hydrogen-bond donors (Lipinski definition) is 1. The van der Waals surface area contributed by atoms with E-state index in [1.54, 1.807) is 20.3 Å². The zero-order chi connectivity index (χ0) is 19.8. The van der Waals surface area contributed by atoms with Gasteiger partial charge in [-0.15, -0.1) is 0 Å². The number of carbonyl (C=O) groups is 2. The number of aryl methyl sites for hydroxylation is 3. The Labute approximate surface area is 159 Å². The average molecular weight is 371 g/mol. The molecule has 0 aliphatic rings. The quantitative estimate of drug-likeness (QED) is 0.720. The number of hydrogen-bond acceptors (Lipinski definition) is 5. The number of carbonyl (C=O) groups excluding carboxylic acids is 2. The molecular formula is C21H25NO5. The van der Waals surface area contributed by atoms with Crippen LogP contribution in [0, 0.1) is 13.8 Å². The minimum absolute atomic E-state index is 0.173. The van der Waals surface area contributed by atoms with E-state index in [4.69, 9.17) is 14.2 Å². The summed E-state index contributed by atoms with van der Waals surface area (Å²) >= 11 is 0. The first-order chi connectivity index (χ1) is 12.9. The summed E-state index contributed by atoms with van der Waals surface area (Å²) in [5, 5.41) is 2.75. The normalized spacial score (nSPS) is 10.2. The number of amides is 1. The fourth-order valence-corrected chi connectivity index (χ4v) is 2.64. The smallest absolute Gasteiger partial charge is 0.306 e. The zero-order valence-electron chi connectivity index (χ0n) is 16.1. The van der Waals surface area contributed by atoms with Crippen LogP contribution in [0.5, 0.6) is 11.5 Å². The summed E-state index contributed by atoms with van der Waals surface area (Å²) in [6.45, 7) is 3.59. The van der Waals surface area contributed by atoms with Crippen molar-refractivity contribution in [3.05, 3.63) is 53.1 Å². The summed E-state index contributed by atoms with van der Waals surface area (Å²) in [5.74, 6) is 0.449. The highest BCUT2D eigenvalue weighted by atomic mass is 16.5. The van der Waals surface area contributed by atoms with Crippen LogP contribution in [0.25, 0.3) is 0 Å². The lowest BCUT2D eigenvalue weighted by atomic mass is 10.1. The van der Waals surface area contributed by atoms with Gasteiger partial charge in [-0.3, -0.25) is 9.59 Å². The SMILES string of the molecule is COc1ccc(CCC(=O)OCC(=O)Nc2ccc(C)cc2C)cc1OC. The number of methoxy groups -OCH3 is 2. The Balaban J connectivity index is 1.79. The maximum atomic E-state index is 12.0. The molecule has 144 valence electrons. The van der Waals surface area contributed by atoms with E-state index in [0.29, 0.717) is 23.6 Å². The Kier molecular flexibility index (Phi) is 7.23. The van der Waals surface area contributed by atoms with Gasteiger partial charge in [-0.1, -0.05) is 23.8 Å². The van der Waals surface area contributed by atoms with Gasteiger partial charge in [0.15, 0.2) is 18.1 Å². The van der Waals surface area contributed by atoms with Crippen molar-refractivity contribution in [1.82, 2.24) is 0 Å².